The number of pyridine rings is 1. The standard InChI is InChI=1S/C19H16BrN5OS/c20-17-15(22)8-16(24-18(17)19-23-2-4-27-19)12-5-11(9-21)6-13(7-12)25-3-1-14(26)10-25/h2,4-8,14,26H,1,3,10H2,(H2,22,24). The summed E-state index contributed by atoms with van der Waals surface area (Å²) in [5.74, 6) is 0. The summed E-state index contributed by atoms with van der Waals surface area (Å²) < 4.78 is 0.709. The Morgan fingerprint density at radius 2 is 2.19 bits per heavy atom. The maximum Gasteiger partial charge on any atom is 0.143 e. The molecule has 0 aliphatic carbocycles. The fourth-order valence-electron chi connectivity index (χ4n) is 3.16. The third-order valence-electron chi connectivity index (χ3n) is 4.49. The molecule has 1 atom stereocenters. The molecule has 1 unspecified atom stereocenters. The van der Waals surface area contributed by atoms with Crippen LogP contribution in [0.2, 0.25) is 0 Å². The van der Waals surface area contributed by atoms with Gasteiger partial charge in [-0.05, 0) is 46.6 Å². The molecule has 4 rings (SSSR count). The first-order valence-corrected chi connectivity index (χ1v) is 10.1. The largest absolute Gasteiger partial charge is 0.398 e. The number of nitrogen functional groups attached to an aromatic ring is 1. The first-order chi connectivity index (χ1) is 13.0. The van der Waals surface area contributed by atoms with Gasteiger partial charge in [0.15, 0.2) is 0 Å². The number of nitrogens with two attached hydrogens (primary N) is 1. The van der Waals surface area contributed by atoms with Crippen LogP contribution in [0.4, 0.5) is 11.4 Å². The molecule has 1 aromatic carbocycles. The number of aromatic nitrogens is 2. The maximum atomic E-state index is 9.84. The SMILES string of the molecule is N#Cc1cc(-c2cc(N)c(Br)c(-c3nccs3)n2)cc(N2CCC(O)C2)c1. The molecule has 27 heavy (non-hydrogen) atoms. The van der Waals surface area contributed by atoms with Crippen LogP contribution in [0.1, 0.15) is 12.0 Å². The van der Waals surface area contributed by atoms with Crippen LogP contribution < -0.4 is 10.6 Å². The minimum Gasteiger partial charge on any atom is -0.398 e. The quantitative estimate of drug-likeness (QED) is 0.643. The van der Waals surface area contributed by atoms with Gasteiger partial charge in [-0.1, -0.05) is 0 Å². The fraction of sp³-hybridized carbons (Fsp3) is 0.211. The summed E-state index contributed by atoms with van der Waals surface area (Å²) in [6.45, 7) is 1.32. The van der Waals surface area contributed by atoms with Crippen molar-refractivity contribution in [3.8, 4) is 28.0 Å². The van der Waals surface area contributed by atoms with Crippen molar-refractivity contribution in [3.05, 3.63) is 45.9 Å². The second kappa shape index (κ2) is 7.27. The van der Waals surface area contributed by atoms with Crippen LogP contribution >= 0.6 is 27.3 Å². The highest BCUT2D eigenvalue weighted by Crippen LogP contribution is 2.36. The molecule has 1 aliphatic rings. The number of aliphatic hydroxyl groups excluding tert-OH is 1. The number of rotatable bonds is 3. The van der Waals surface area contributed by atoms with Crippen LogP contribution in [0.3, 0.4) is 0 Å². The van der Waals surface area contributed by atoms with Crippen LogP contribution in [0, 0.1) is 11.3 Å². The van der Waals surface area contributed by atoms with Gasteiger partial charge in [-0.2, -0.15) is 5.26 Å². The smallest absolute Gasteiger partial charge is 0.143 e. The highest BCUT2D eigenvalue weighted by atomic mass is 79.9. The van der Waals surface area contributed by atoms with E-state index in [1.165, 1.54) is 11.3 Å². The van der Waals surface area contributed by atoms with Crippen molar-refractivity contribution in [1.82, 2.24) is 9.97 Å². The van der Waals surface area contributed by atoms with E-state index in [1.54, 1.807) is 18.3 Å². The molecule has 0 spiro atoms. The Morgan fingerprint density at radius 1 is 1.33 bits per heavy atom. The highest BCUT2D eigenvalue weighted by molar-refractivity contribution is 9.10. The van der Waals surface area contributed by atoms with Crippen molar-refractivity contribution in [3.63, 3.8) is 0 Å². The Kier molecular flexibility index (Phi) is 4.83. The average molecular weight is 442 g/mol. The van der Waals surface area contributed by atoms with Crippen molar-refractivity contribution in [2.75, 3.05) is 23.7 Å². The lowest BCUT2D eigenvalue weighted by Gasteiger charge is -2.19. The second-order valence-corrected chi connectivity index (χ2v) is 8.05. The molecule has 136 valence electrons. The van der Waals surface area contributed by atoms with E-state index in [9.17, 15) is 10.4 Å². The molecule has 2 aromatic heterocycles. The number of aliphatic hydroxyl groups is 1. The van der Waals surface area contributed by atoms with E-state index < -0.39 is 0 Å². The van der Waals surface area contributed by atoms with E-state index in [1.807, 2.05) is 17.5 Å². The Morgan fingerprint density at radius 3 is 2.85 bits per heavy atom. The summed E-state index contributed by atoms with van der Waals surface area (Å²) in [6.07, 6.45) is 2.12. The van der Waals surface area contributed by atoms with E-state index in [2.05, 4.69) is 31.9 Å². The third kappa shape index (κ3) is 3.54. The molecule has 1 saturated heterocycles. The number of β-amino-alcohol motifs (C(OH)–C–C–N with tert-alkyl or cyclic N) is 1. The molecule has 6 nitrogen and oxygen atoms in total. The van der Waals surface area contributed by atoms with Gasteiger partial charge in [0, 0.05) is 35.9 Å². The number of halogens is 1. The number of thiazole rings is 1. The number of nitriles is 1. The molecule has 0 radical (unpaired) electrons. The highest BCUT2D eigenvalue weighted by Gasteiger charge is 2.22. The summed E-state index contributed by atoms with van der Waals surface area (Å²) in [5, 5.41) is 22.0. The van der Waals surface area contributed by atoms with E-state index in [0.717, 1.165) is 29.2 Å². The van der Waals surface area contributed by atoms with Crippen LogP contribution in [0.25, 0.3) is 22.0 Å². The second-order valence-electron chi connectivity index (χ2n) is 6.37. The van der Waals surface area contributed by atoms with E-state index in [-0.39, 0.29) is 6.10 Å². The van der Waals surface area contributed by atoms with Crippen LogP contribution in [-0.4, -0.2) is 34.3 Å². The molecule has 0 bridgehead atoms. The summed E-state index contributed by atoms with van der Waals surface area (Å²) in [5.41, 5.74) is 10.4. The van der Waals surface area contributed by atoms with Crippen molar-refractivity contribution >= 4 is 38.6 Å². The van der Waals surface area contributed by atoms with Crippen molar-refractivity contribution < 1.29 is 5.11 Å². The van der Waals surface area contributed by atoms with Gasteiger partial charge in [-0.15, -0.1) is 11.3 Å². The number of benzene rings is 1. The van der Waals surface area contributed by atoms with Gasteiger partial charge < -0.3 is 15.7 Å². The molecule has 3 N–H and O–H groups in total. The van der Waals surface area contributed by atoms with Crippen molar-refractivity contribution in [1.29, 1.82) is 5.26 Å². The number of anilines is 2. The Balaban J connectivity index is 1.83. The number of hydrogen-bond acceptors (Lipinski definition) is 7. The minimum atomic E-state index is -0.336. The molecule has 0 saturated carbocycles. The fourth-order valence-corrected chi connectivity index (χ4v) is 4.32. The van der Waals surface area contributed by atoms with Gasteiger partial charge in [-0.3, -0.25) is 0 Å². The average Bonchev–Trinajstić information content (AvgIpc) is 3.35. The molecule has 0 amide bonds. The van der Waals surface area contributed by atoms with E-state index in [4.69, 9.17) is 10.7 Å². The van der Waals surface area contributed by atoms with Crippen LogP contribution in [0.5, 0.6) is 0 Å². The summed E-state index contributed by atoms with van der Waals surface area (Å²) >= 11 is 4.99. The molecule has 1 fully saturated rings. The third-order valence-corrected chi connectivity index (χ3v) is 6.11. The topological polar surface area (TPSA) is 99.1 Å². The zero-order chi connectivity index (χ0) is 19.0. The normalized spacial score (nSPS) is 16.5. The Labute approximate surface area is 169 Å². The lowest BCUT2D eigenvalue weighted by atomic mass is 10.1. The first-order valence-electron chi connectivity index (χ1n) is 8.39. The predicted molar refractivity (Wildman–Crippen MR) is 110 cm³/mol. The summed E-state index contributed by atoms with van der Waals surface area (Å²) in [7, 11) is 0. The summed E-state index contributed by atoms with van der Waals surface area (Å²) in [6, 6.07) is 9.63. The molecule has 3 heterocycles. The summed E-state index contributed by atoms with van der Waals surface area (Å²) in [4.78, 5) is 11.2. The molecular formula is C19H16BrN5OS. The van der Waals surface area contributed by atoms with Gasteiger partial charge >= 0.3 is 0 Å². The van der Waals surface area contributed by atoms with Crippen LogP contribution in [-0.2, 0) is 0 Å². The Hall–Kier alpha value is -2.47. The lowest BCUT2D eigenvalue weighted by Crippen LogP contribution is -2.21. The Bertz CT molecular complexity index is 1030. The number of hydrogen-bond donors (Lipinski definition) is 2. The molecule has 8 heteroatoms. The monoisotopic (exact) mass is 441 g/mol. The molecule has 3 aromatic rings. The maximum absolute atomic E-state index is 9.84. The zero-order valence-electron chi connectivity index (χ0n) is 14.3. The number of nitrogens with zero attached hydrogens (tertiary/aromatic N) is 4. The van der Waals surface area contributed by atoms with Gasteiger partial charge in [-0.25, -0.2) is 9.97 Å². The lowest BCUT2D eigenvalue weighted by molar-refractivity contribution is 0.198. The molecule has 1 aliphatic heterocycles. The van der Waals surface area contributed by atoms with E-state index >= 15 is 0 Å². The van der Waals surface area contributed by atoms with Gasteiger partial charge in [0.05, 0.1) is 33.6 Å². The predicted octanol–water partition coefficient (Wildman–Crippen LogP) is 3.66. The van der Waals surface area contributed by atoms with Gasteiger partial charge in [0.2, 0.25) is 0 Å². The first kappa shape index (κ1) is 17.9. The van der Waals surface area contributed by atoms with Crippen molar-refractivity contribution in [2.45, 2.75) is 12.5 Å². The molecular weight excluding hydrogens is 426 g/mol. The zero-order valence-corrected chi connectivity index (χ0v) is 16.7. The van der Waals surface area contributed by atoms with Gasteiger partial charge in [0.25, 0.3) is 0 Å². The van der Waals surface area contributed by atoms with E-state index in [0.29, 0.717) is 33.7 Å². The minimum absolute atomic E-state index is 0.336. The van der Waals surface area contributed by atoms with Gasteiger partial charge in [0.1, 0.15) is 10.7 Å². The van der Waals surface area contributed by atoms with Crippen LogP contribution in [0.15, 0.2) is 40.3 Å². The van der Waals surface area contributed by atoms with Crippen molar-refractivity contribution in [2.24, 2.45) is 0 Å².